The number of halogens is 4. The molecule has 2 aromatic rings. The van der Waals surface area contributed by atoms with E-state index in [1.807, 2.05) is 0 Å². The summed E-state index contributed by atoms with van der Waals surface area (Å²) in [5.74, 6) is -0.887. The summed E-state index contributed by atoms with van der Waals surface area (Å²) in [6, 6.07) is 6.08. The molecule has 1 aromatic carbocycles. The van der Waals surface area contributed by atoms with E-state index in [4.69, 9.17) is 11.6 Å². The number of hydrogen-bond acceptors (Lipinski definition) is 5. The minimum Gasteiger partial charge on any atom is -0.368 e. The van der Waals surface area contributed by atoms with Crippen molar-refractivity contribution in [3.8, 4) is 0 Å². The number of carbonyl (C=O) groups excluding carboxylic acids is 1. The topological polar surface area (TPSA) is 100 Å². The van der Waals surface area contributed by atoms with Crippen molar-refractivity contribution < 1.29 is 26.4 Å². The van der Waals surface area contributed by atoms with E-state index >= 15 is 0 Å². The zero-order valence-corrected chi connectivity index (χ0v) is 16.0. The number of alkyl halides is 3. The van der Waals surface area contributed by atoms with Crippen molar-refractivity contribution in [2.75, 3.05) is 29.4 Å². The number of aromatic nitrogens is 1. The Morgan fingerprint density at radius 3 is 2.57 bits per heavy atom. The zero-order chi connectivity index (χ0) is 20.9. The van der Waals surface area contributed by atoms with Crippen LogP contribution in [0.25, 0.3) is 0 Å². The third-order valence-corrected chi connectivity index (χ3v) is 4.26. The maximum absolute atomic E-state index is 12.9. The molecule has 0 atom stereocenters. The summed E-state index contributed by atoms with van der Waals surface area (Å²) in [7, 11) is -3.58. The van der Waals surface area contributed by atoms with Crippen LogP contribution in [-0.2, 0) is 16.2 Å². The van der Waals surface area contributed by atoms with Crippen molar-refractivity contribution in [2.45, 2.75) is 6.18 Å². The van der Waals surface area contributed by atoms with Gasteiger partial charge in [-0.3, -0.25) is 9.52 Å². The molecule has 0 fully saturated rings. The zero-order valence-electron chi connectivity index (χ0n) is 14.5. The largest absolute Gasteiger partial charge is 0.419 e. The Morgan fingerprint density at radius 1 is 1.21 bits per heavy atom. The quantitative estimate of drug-likeness (QED) is 0.579. The molecule has 3 N–H and O–H groups in total. The predicted molar refractivity (Wildman–Crippen MR) is 100.0 cm³/mol. The van der Waals surface area contributed by atoms with Gasteiger partial charge in [0.05, 0.1) is 22.5 Å². The molecule has 1 heterocycles. The smallest absolute Gasteiger partial charge is 0.368 e. The van der Waals surface area contributed by atoms with Crippen LogP contribution in [0.2, 0.25) is 5.02 Å². The fraction of sp³-hybridized carbons (Fsp3) is 0.250. The number of hydrogen-bond donors (Lipinski definition) is 3. The number of nitrogens with one attached hydrogen (secondary N) is 3. The third kappa shape index (κ3) is 6.27. The lowest BCUT2D eigenvalue weighted by molar-refractivity contribution is -0.137. The van der Waals surface area contributed by atoms with Crippen LogP contribution >= 0.6 is 11.6 Å². The standard InChI is InChI=1S/C16H16ClF3N4O3S/c1-28(26,27)24-13-9-10(4-5-12(13)17)15(25)23-8-7-22-14-11(16(18,19)20)3-2-6-21-14/h2-6,9,24H,7-8H2,1H3,(H,21,22)(H,23,25). The number of anilines is 2. The number of pyridine rings is 1. The molecule has 0 spiro atoms. The summed E-state index contributed by atoms with van der Waals surface area (Å²) < 4.78 is 63.5. The number of benzene rings is 1. The van der Waals surface area contributed by atoms with Gasteiger partial charge in [-0.2, -0.15) is 13.2 Å². The van der Waals surface area contributed by atoms with Gasteiger partial charge in [-0.15, -0.1) is 0 Å². The highest BCUT2D eigenvalue weighted by atomic mass is 35.5. The van der Waals surface area contributed by atoms with Crippen LogP contribution in [0.4, 0.5) is 24.7 Å². The van der Waals surface area contributed by atoms with Crippen molar-refractivity contribution in [3.05, 3.63) is 52.7 Å². The van der Waals surface area contributed by atoms with Crippen molar-refractivity contribution in [1.29, 1.82) is 0 Å². The molecule has 0 saturated heterocycles. The Kier molecular flexibility index (Phi) is 6.73. The predicted octanol–water partition coefficient (Wildman–Crippen LogP) is 2.97. The lowest BCUT2D eigenvalue weighted by atomic mass is 10.2. The number of amides is 1. The van der Waals surface area contributed by atoms with Gasteiger partial charge in [0.2, 0.25) is 10.0 Å². The highest BCUT2D eigenvalue weighted by molar-refractivity contribution is 7.92. The maximum atomic E-state index is 12.9. The molecule has 7 nitrogen and oxygen atoms in total. The summed E-state index contributed by atoms with van der Waals surface area (Å²) in [5, 5.41) is 5.14. The molecule has 2 rings (SSSR count). The van der Waals surface area contributed by atoms with Gasteiger partial charge in [0.25, 0.3) is 5.91 Å². The number of carbonyl (C=O) groups is 1. The van der Waals surface area contributed by atoms with E-state index in [9.17, 15) is 26.4 Å². The highest BCUT2D eigenvalue weighted by Crippen LogP contribution is 2.33. The average molecular weight is 437 g/mol. The molecule has 28 heavy (non-hydrogen) atoms. The molecule has 0 aliphatic rings. The SMILES string of the molecule is CS(=O)(=O)Nc1cc(C(=O)NCCNc2ncccc2C(F)(F)F)ccc1Cl. The van der Waals surface area contributed by atoms with Crippen LogP contribution in [0.1, 0.15) is 15.9 Å². The second kappa shape index (κ2) is 8.65. The Bertz CT molecular complexity index is 968. The first-order chi connectivity index (χ1) is 13.0. The van der Waals surface area contributed by atoms with Crippen LogP contribution < -0.4 is 15.4 Å². The molecule has 0 aliphatic heterocycles. The molecule has 1 amide bonds. The van der Waals surface area contributed by atoms with Gasteiger partial charge < -0.3 is 10.6 Å². The summed E-state index contributed by atoms with van der Waals surface area (Å²) in [6.45, 7) is -0.00195. The average Bonchev–Trinajstić information content (AvgIpc) is 2.58. The normalized spacial score (nSPS) is 11.8. The van der Waals surface area contributed by atoms with E-state index in [0.29, 0.717) is 0 Å². The first-order valence-electron chi connectivity index (χ1n) is 7.79. The molecule has 0 saturated carbocycles. The van der Waals surface area contributed by atoms with Crippen LogP contribution in [0.5, 0.6) is 0 Å². The molecule has 0 bridgehead atoms. The molecule has 12 heteroatoms. The number of rotatable bonds is 7. The lowest BCUT2D eigenvalue weighted by Gasteiger charge is -2.13. The van der Waals surface area contributed by atoms with E-state index in [2.05, 4.69) is 20.3 Å². The van der Waals surface area contributed by atoms with Crippen LogP contribution in [-0.4, -0.2) is 38.7 Å². The fourth-order valence-electron chi connectivity index (χ4n) is 2.18. The minimum absolute atomic E-state index is 0.00414. The van der Waals surface area contributed by atoms with Gasteiger partial charge in [0, 0.05) is 24.8 Å². The maximum Gasteiger partial charge on any atom is 0.419 e. The molecule has 0 aliphatic carbocycles. The third-order valence-electron chi connectivity index (χ3n) is 3.34. The van der Waals surface area contributed by atoms with E-state index in [0.717, 1.165) is 12.3 Å². The summed E-state index contributed by atoms with van der Waals surface area (Å²) in [5.41, 5.74) is -0.738. The van der Waals surface area contributed by atoms with Crippen LogP contribution in [0, 0.1) is 0 Å². The molecule has 152 valence electrons. The molecular weight excluding hydrogens is 421 g/mol. The van der Waals surface area contributed by atoms with E-state index < -0.39 is 27.7 Å². The van der Waals surface area contributed by atoms with Gasteiger partial charge in [-0.1, -0.05) is 11.6 Å². The monoisotopic (exact) mass is 436 g/mol. The highest BCUT2D eigenvalue weighted by Gasteiger charge is 2.33. The van der Waals surface area contributed by atoms with Crippen molar-refractivity contribution >= 4 is 39.0 Å². The number of nitrogens with zero attached hydrogens (tertiary/aromatic N) is 1. The number of sulfonamides is 1. The summed E-state index contributed by atoms with van der Waals surface area (Å²) >= 11 is 5.89. The van der Waals surface area contributed by atoms with Crippen molar-refractivity contribution in [2.24, 2.45) is 0 Å². The molecule has 0 unspecified atom stereocenters. The van der Waals surface area contributed by atoms with E-state index in [1.165, 1.54) is 30.5 Å². The van der Waals surface area contributed by atoms with Gasteiger partial charge in [0.15, 0.2) is 0 Å². The minimum atomic E-state index is -4.55. The summed E-state index contributed by atoms with van der Waals surface area (Å²) in [4.78, 5) is 15.8. The Labute approximate surface area is 164 Å². The Morgan fingerprint density at radius 2 is 1.93 bits per heavy atom. The van der Waals surface area contributed by atoms with E-state index in [-0.39, 0.29) is 35.2 Å². The Balaban J connectivity index is 1.96. The molecule has 0 radical (unpaired) electrons. The van der Waals surface area contributed by atoms with Gasteiger partial charge in [-0.05, 0) is 30.3 Å². The van der Waals surface area contributed by atoms with Crippen LogP contribution in [0.15, 0.2) is 36.5 Å². The first-order valence-corrected chi connectivity index (χ1v) is 10.1. The van der Waals surface area contributed by atoms with Gasteiger partial charge in [0.1, 0.15) is 5.82 Å². The second-order valence-electron chi connectivity index (χ2n) is 5.65. The molecular formula is C16H16ClF3N4O3S. The van der Waals surface area contributed by atoms with Crippen molar-refractivity contribution in [1.82, 2.24) is 10.3 Å². The molecule has 1 aromatic heterocycles. The van der Waals surface area contributed by atoms with Gasteiger partial charge in [-0.25, -0.2) is 13.4 Å². The van der Waals surface area contributed by atoms with E-state index in [1.54, 1.807) is 0 Å². The summed E-state index contributed by atoms with van der Waals surface area (Å²) in [6.07, 6.45) is -2.39. The van der Waals surface area contributed by atoms with Crippen molar-refractivity contribution in [3.63, 3.8) is 0 Å². The second-order valence-corrected chi connectivity index (χ2v) is 7.80. The first kappa shape index (κ1) is 21.8. The lowest BCUT2D eigenvalue weighted by Crippen LogP contribution is -2.29. The Hall–Kier alpha value is -2.53. The van der Waals surface area contributed by atoms with Crippen LogP contribution in [0.3, 0.4) is 0 Å². The van der Waals surface area contributed by atoms with Gasteiger partial charge >= 0.3 is 6.18 Å². The fourth-order valence-corrected chi connectivity index (χ4v) is 2.97.